The van der Waals surface area contributed by atoms with Gasteiger partial charge in [-0.25, -0.2) is 0 Å². The first-order valence-electron chi connectivity index (χ1n) is 6.91. The van der Waals surface area contributed by atoms with Gasteiger partial charge in [-0.1, -0.05) is 44.2 Å². The van der Waals surface area contributed by atoms with Gasteiger partial charge in [-0.15, -0.1) is 0 Å². The van der Waals surface area contributed by atoms with Crippen LogP contribution in [0.2, 0.25) is 0 Å². The monoisotopic (exact) mass is 277 g/mol. The van der Waals surface area contributed by atoms with Crippen molar-refractivity contribution < 1.29 is 14.3 Å². The molecule has 0 aliphatic rings. The number of rotatable bonds is 7. The van der Waals surface area contributed by atoms with E-state index in [1.807, 2.05) is 30.3 Å². The molecule has 0 unspecified atom stereocenters. The molecule has 1 amide bonds. The number of hydrogen-bond acceptors (Lipinski definition) is 3. The molecule has 0 aliphatic heterocycles. The molecule has 110 valence electrons. The van der Waals surface area contributed by atoms with Gasteiger partial charge in [0.25, 0.3) is 0 Å². The summed E-state index contributed by atoms with van der Waals surface area (Å²) >= 11 is 0. The van der Waals surface area contributed by atoms with Gasteiger partial charge in [0, 0.05) is 13.1 Å². The Labute approximate surface area is 120 Å². The zero-order valence-electron chi connectivity index (χ0n) is 12.5. The van der Waals surface area contributed by atoms with E-state index in [1.54, 1.807) is 4.90 Å². The summed E-state index contributed by atoms with van der Waals surface area (Å²) in [6, 6.07) is 9.64. The van der Waals surface area contributed by atoms with Gasteiger partial charge in [0.05, 0.1) is 20.0 Å². The summed E-state index contributed by atoms with van der Waals surface area (Å²) in [5, 5.41) is 0. The number of hydrogen-bond donors (Lipinski definition) is 0. The van der Waals surface area contributed by atoms with Gasteiger partial charge in [0.15, 0.2) is 0 Å². The Bertz CT molecular complexity index is 429. The topological polar surface area (TPSA) is 46.6 Å². The standard InChI is InChI=1S/C16H23NO3/c1-13(2)12-17(10-9-16(19)20-3)15(18)11-14-7-5-4-6-8-14/h4-8,13H,9-12H2,1-3H3. The molecule has 0 aromatic heterocycles. The van der Waals surface area contributed by atoms with Crippen LogP contribution in [-0.2, 0) is 20.7 Å². The number of carbonyl (C=O) groups excluding carboxylic acids is 2. The smallest absolute Gasteiger partial charge is 0.307 e. The van der Waals surface area contributed by atoms with Gasteiger partial charge < -0.3 is 9.64 Å². The van der Waals surface area contributed by atoms with Crippen molar-refractivity contribution in [1.29, 1.82) is 0 Å². The molecular weight excluding hydrogens is 254 g/mol. The molecule has 0 radical (unpaired) electrons. The lowest BCUT2D eigenvalue weighted by atomic mass is 10.1. The third-order valence-corrected chi connectivity index (χ3v) is 2.95. The van der Waals surface area contributed by atoms with Crippen molar-refractivity contribution in [2.24, 2.45) is 5.92 Å². The minimum absolute atomic E-state index is 0.0498. The summed E-state index contributed by atoms with van der Waals surface area (Å²) in [6.07, 6.45) is 0.610. The highest BCUT2D eigenvalue weighted by Crippen LogP contribution is 2.07. The molecule has 1 aromatic carbocycles. The van der Waals surface area contributed by atoms with Gasteiger partial charge in [-0.2, -0.15) is 0 Å². The van der Waals surface area contributed by atoms with Crippen LogP contribution >= 0.6 is 0 Å². The minimum Gasteiger partial charge on any atom is -0.469 e. The summed E-state index contributed by atoms with van der Waals surface area (Å²) in [5.41, 5.74) is 0.990. The predicted octanol–water partition coefficient (Wildman–Crippen LogP) is 2.28. The van der Waals surface area contributed by atoms with E-state index in [9.17, 15) is 9.59 Å². The summed E-state index contributed by atoms with van der Waals surface area (Å²) in [6.45, 7) is 5.18. The van der Waals surface area contributed by atoms with Crippen LogP contribution in [0.4, 0.5) is 0 Å². The number of carbonyl (C=O) groups is 2. The Morgan fingerprint density at radius 1 is 1.20 bits per heavy atom. The van der Waals surface area contributed by atoms with Gasteiger partial charge >= 0.3 is 5.97 Å². The molecule has 0 aliphatic carbocycles. The summed E-state index contributed by atoms with van der Waals surface area (Å²) < 4.78 is 4.63. The van der Waals surface area contributed by atoms with Crippen molar-refractivity contribution in [2.45, 2.75) is 26.7 Å². The SMILES string of the molecule is COC(=O)CCN(CC(C)C)C(=O)Cc1ccccc1. The molecule has 0 spiro atoms. The highest BCUT2D eigenvalue weighted by molar-refractivity contribution is 5.79. The van der Waals surface area contributed by atoms with Crippen molar-refractivity contribution in [3.63, 3.8) is 0 Å². The van der Waals surface area contributed by atoms with Crippen molar-refractivity contribution in [3.05, 3.63) is 35.9 Å². The fourth-order valence-electron chi connectivity index (χ4n) is 1.97. The molecule has 4 heteroatoms. The number of benzene rings is 1. The lowest BCUT2D eigenvalue weighted by molar-refractivity contribution is -0.141. The molecular formula is C16H23NO3. The number of methoxy groups -OCH3 is 1. The van der Waals surface area contributed by atoms with Crippen LogP contribution in [0.25, 0.3) is 0 Å². The second kappa shape index (κ2) is 8.35. The maximum atomic E-state index is 12.3. The molecule has 1 aromatic rings. The highest BCUT2D eigenvalue weighted by Gasteiger charge is 2.16. The number of amides is 1. The van der Waals surface area contributed by atoms with Crippen molar-refractivity contribution in [1.82, 2.24) is 4.90 Å². The average Bonchev–Trinajstić information content (AvgIpc) is 2.43. The van der Waals surface area contributed by atoms with E-state index < -0.39 is 0 Å². The summed E-state index contributed by atoms with van der Waals surface area (Å²) in [5.74, 6) is 0.132. The van der Waals surface area contributed by atoms with Crippen LogP contribution in [0.1, 0.15) is 25.8 Å². The first-order valence-corrected chi connectivity index (χ1v) is 6.91. The summed E-state index contributed by atoms with van der Waals surface area (Å²) in [7, 11) is 1.36. The Morgan fingerprint density at radius 2 is 1.85 bits per heavy atom. The molecule has 0 fully saturated rings. The number of esters is 1. The van der Waals surface area contributed by atoms with E-state index in [0.717, 1.165) is 5.56 Å². The van der Waals surface area contributed by atoms with Crippen LogP contribution in [0.5, 0.6) is 0 Å². The van der Waals surface area contributed by atoms with Gasteiger partial charge in [-0.3, -0.25) is 9.59 Å². The van der Waals surface area contributed by atoms with Crippen molar-refractivity contribution in [2.75, 3.05) is 20.2 Å². The Hall–Kier alpha value is -1.84. The first-order chi connectivity index (χ1) is 9.52. The third kappa shape index (κ3) is 5.87. The predicted molar refractivity (Wildman–Crippen MR) is 78.2 cm³/mol. The Morgan fingerprint density at radius 3 is 2.40 bits per heavy atom. The fraction of sp³-hybridized carbons (Fsp3) is 0.500. The minimum atomic E-state index is -0.286. The molecule has 0 heterocycles. The molecule has 0 saturated heterocycles. The molecule has 1 rings (SSSR count). The molecule has 0 N–H and O–H groups in total. The molecule has 4 nitrogen and oxygen atoms in total. The zero-order valence-corrected chi connectivity index (χ0v) is 12.5. The van der Waals surface area contributed by atoms with Gasteiger partial charge in [-0.05, 0) is 11.5 Å². The second-order valence-electron chi connectivity index (χ2n) is 5.22. The average molecular weight is 277 g/mol. The van der Waals surface area contributed by atoms with Gasteiger partial charge in [0.2, 0.25) is 5.91 Å². The zero-order chi connectivity index (χ0) is 15.0. The molecule has 0 bridgehead atoms. The summed E-state index contributed by atoms with van der Waals surface area (Å²) in [4.78, 5) is 25.3. The van der Waals surface area contributed by atoms with Crippen LogP contribution in [-0.4, -0.2) is 37.0 Å². The van der Waals surface area contributed by atoms with Crippen LogP contribution in [0, 0.1) is 5.92 Å². The quantitative estimate of drug-likeness (QED) is 0.718. The molecule has 0 atom stereocenters. The van der Waals surface area contributed by atoms with Crippen LogP contribution in [0.3, 0.4) is 0 Å². The van der Waals surface area contributed by atoms with Crippen LogP contribution < -0.4 is 0 Å². The lowest BCUT2D eigenvalue weighted by Gasteiger charge is -2.24. The Kier molecular flexibility index (Phi) is 6.77. The van der Waals surface area contributed by atoms with Crippen LogP contribution in [0.15, 0.2) is 30.3 Å². The van der Waals surface area contributed by atoms with Gasteiger partial charge in [0.1, 0.15) is 0 Å². The van der Waals surface area contributed by atoms with E-state index in [2.05, 4.69) is 18.6 Å². The largest absolute Gasteiger partial charge is 0.469 e. The second-order valence-corrected chi connectivity index (χ2v) is 5.22. The fourth-order valence-corrected chi connectivity index (χ4v) is 1.97. The van der Waals surface area contributed by atoms with Crippen molar-refractivity contribution >= 4 is 11.9 Å². The maximum absolute atomic E-state index is 12.3. The van der Waals surface area contributed by atoms with Crippen molar-refractivity contribution in [3.8, 4) is 0 Å². The first kappa shape index (κ1) is 16.2. The highest BCUT2D eigenvalue weighted by atomic mass is 16.5. The number of nitrogens with zero attached hydrogens (tertiary/aromatic N) is 1. The van der Waals surface area contributed by atoms with E-state index in [-0.39, 0.29) is 18.3 Å². The maximum Gasteiger partial charge on any atom is 0.307 e. The normalized spacial score (nSPS) is 10.4. The molecule has 0 saturated carbocycles. The number of ether oxygens (including phenoxy) is 1. The lowest BCUT2D eigenvalue weighted by Crippen LogP contribution is -2.37. The van der Waals surface area contributed by atoms with E-state index >= 15 is 0 Å². The molecule has 20 heavy (non-hydrogen) atoms. The van der Waals surface area contributed by atoms with E-state index in [1.165, 1.54) is 7.11 Å². The van der Waals surface area contributed by atoms with E-state index in [0.29, 0.717) is 25.4 Å². The third-order valence-electron chi connectivity index (χ3n) is 2.95. The Balaban J connectivity index is 2.61. The van der Waals surface area contributed by atoms with E-state index in [4.69, 9.17) is 0 Å².